The Morgan fingerprint density at radius 3 is 2.55 bits per heavy atom. The van der Waals surface area contributed by atoms with Crippen LogP contribution < -0.4 is 9.80 Å². The molecule has 0 aliphatic carbocycles. The number of para-hydroxylation sites is 1. The molecule has 0 bridgehead atoms. The van der Waals surface area contributed by atoms with E-state index in [2.05, 4.69) is 6.92 Å². The van der Waals surface area contributed by atoms with Gasteiger partial charge in [-0.05, 0) is 47.9 Å². The Morgan fingerprint density at radius 2 is 1.74 bits per heavy atom. The summed E-state index contributed by atoms with van der Waals surface area (Å²) in [5, 5.41) is 0. The van der Waals surface area contributed by atoms with Crippen molar-refractivity contribution in [2.45, 2.75) is 24.8 Å². The van der Waals surface area contributed by atoms with E-state index in [1.165, 1.54) is 23.9 Å². The van der Waals surface area contributed by atoms with E-state index in [1.54, 1.807) is 21.9 Å². The highest BCUT2D eigenvalue weighted by atomic mass is 32.2. The Bertz CT molecular complexity index is 1200. The molecule has 1 fully saturated rings. The zero-order chi connectivity index (χ0) is 21.6. The van der Waals surface area contributed by atoms with E-state index in [0.29, 0.717) is 5.56 Å². The fourth-order valence-electron chi connectivity index (χ4n) is 4.45. The first kappa shape index (κ1) is 19.8. The Balaban J connectivity index is 1.64. The van der Waals surface area contributed by atoms with Gasteiger partial charge in [-0.1, -0.05) is 49.4 Å². The smallest absolute Gasteiger partial charge is 0.269 e. The normalized spacial score (nSPS) is 20.1. The first-order valence-corrected chi connectivity index (χ1v) is 11.2. The third-order valence-corrected chi connectivity index (χ3v) is 7.26. The number of carbonyl (C=O) groups is 2. The Kier molecular flexibility index (Phi) is 4.82. The second kappa shape index (κ2) is 7.54. The number of anilines is 2. The lowest BCUT2D eigenvalue weighted by Crippen LogP contribution is -2.49. The number of benzene rings is 3. The van der Waals surface area contributed by atoms with Gasteiger partial charge in [0.2, 0.25) is 10.8 Å². The highest BCUT2D eigenvalue weighted by molar-refractivity contribution is 8.02. The third-order valence-electron chi connectivity index (χ3n) is 5.87. The number of nitrogens with zero attached hydrogens (tertiary/aromatic N) is 2. The molecule has 0 aromatic heterocycles. The van der Waals surface area contributed by atoms with Crippen LogP contribution in [0.15, 0.2) is 72.8 Å². The molecular formula is C25H21FN2O2S. The number of aryl methyl sites for hydroxylation is 1. The van der Waals surface area contributed by atoms with Crippen LogP contribution in [0.25, 0.3) is 0 Å². The summed E-state index contributed by atoms with van der Waals surface area (Å²) in [6.45, 7) is 2.30. The van der Waals surface area contributed by atoms with Crippen LogP contribution in [0.5, 0.6) is 0 Å². The van der Waals surface area contributed by atoms with Gasteiger partial charge in [0.05, 0.1) is 18.0 Å². The van der Waals surface area contributed by atoms with E-state index in [1.807, 2.05) is 48.5 Å². The number of carbonyl (C=O) groups excluding carboxylic acids is 2. The van der Waals surface area contributed by atoms with E-state index < -0.39 is 4.87 Å². The molecule has 0 radical (unpaired) electrons. The molecule has 2 heterocycles. The molecule has 156 valence electrons. The number of rotatable bonds is 4. The van der Waals surface area contributed by atoms with Crippen molar-refractivity contribution in [1.82, 2.24) is 0 Å². The van der Waals surface area contributed by atoms with Gasteiger partial charge in [0, 0.05) is 11.3 Å². The summed E-state index contributed by atoms with van der Waals surface area (Å²) in [5.74, 6) is -0.371. The zero-order valence-electron chi connectivity index (χ0n) is 17.0. The SMILES string of the molecule is CCc1cccc(N2C(=O)CS[C@@]23C(=O)N(Cc2cccc(F)c2)c2ccccc23)c1. The van der Waals surface area contributed by atoms with Crippen LogP contribution in [0.4, 0.5) is 15.8 Å². The summed E-state index contributed by atoms with van der Waals surface area (Å²) < 4.78 is 13.8. The molecule has 31 heavy (non-hydrogen) atoms. The lowest BCUT2D eigenvalue weighted by molar-refractivity contribution is -0.123. The quantitative estimate of drug-likeness (QED) is 0.591. The van der Waals surface area contributed by atoms with E-state index in [4.69, 9.17) is 0 Å². The van der Waals surface area contributed by atoms with Crippen LogP contribution in [-0.4, -0.2) is 17.6 Å². The Hall–Kier alpha value is -3.12. The van der Waals surface area contributed by atoms with E-state index >= 15 is 0 Å². The molecule has 3 aromatic carbocycles. The van der Waals surface area contributed by atoms with Crippen LogP contribution in [0, 0.1) is 5.82 Å². The highest BCUT2D eigenvalue weighted by Gasteiger charge is 2.60. The highest BCUT2D eigenvalue weighted by Crippen LogP contribution is 2.55. The number of fused-ring (bicyclic) bond motifs is 2. The molecule has 4 nitrogen and oxygen atoms in total. The van der Waals surface area contributed by atoms with Crippen molar-refractivity contribution in [3.63, 3.8) is 0 Å². The minimum absolute atomic E-state index is 0.0889. The van der Waals surface area contributed by atoms with Crippen molar-refractivity contribution < 1.29 is 14.0 Å². The molecule has 2 aliphatic rings. The number of halogens is 1. The maximum atomic E-state index is 14.0. The van der Waals surface area contributed by atoms with Gasteiger partial charge in [-0.25, -0.2) is 4.39 Å². The molecule has 2 aliphatic heterocycles. The molecule has 1 saturated heterocycles. The number of hydrogen-bond acceptors (Lipinski definition) is 3. The minimum atomic E-state index is -1.15. The van der Waals surface area contributed by atoms with Gasteiger partial charge >= 0.3 is 0 Å². The summed E-state index contributed by atoms with van der Waals surface area (Å²) >= 11 is 1.36. The molecule has 3 aromatic rings. The van der Waals surface area contributed by atoms with Crippen molar-refractivity contribution in [1.29, 1.82) is 0 Å². The fraction of sp³-hybridized carbons (Fsp3) is 0.200. The summed E-state index contributed by atoms with van der Waals surface area (Å²) in [5.41, 5.74) is 4.09. The first-order valence-electron chi connectivity index (χ1n) is 10.3. The summed E-state index contributed by atoms with van der Waals surface area (Å²) in [6.07, 6.45) is 0.840. The molecular weight excluding hydrogens is 411 g/mol. The minimum Gasteiger partial charge on any atom is -0.304 e. The number of amides is 2. The summed E-state index contributed by atoms with van der Waals surface area (Å²) in [6, 6.07) is 21.7. The molecule has 1 atom stereocenters. The van der Waals surface area contributed by atoms with Gasteiger partial charge in [-0.2, -0.15) is 0 Å². The van der Waals surface area contributed by atoms with E-state index in [9.17, 15) is 14.0 Å². The second-order valence-corrected chi connectivity index (χ2v) is 8.89. The maximum absolute atomic E-state index is 14.0. The van der Waals surface area contributed by atoms with Crippen LogP contribution >= 0.6 is 11.8 Å². The van der Waals surface area contributed by atoms with Crippen molar-refractivity contribution in [2.24, 2.45) is 0 Å². The van der Waals surface area contributed by atoms with Gasteiger partial charge in [0.15, 0.2) is 0 Å². The second-order valence-electron chi connectivity index (χ2n) is 7.72. The van der Waals surface area contributed by atoms with Gasteiger partial charge in [-0.3, -0.25) is 14.5 Å². The summed E-state index contributed by atoms with van der Waals surface area (Å²) in [7, 11) is 0. The molecule has 1 spiro atoms. The van der Waals surface area contributed by atoms with E-state index in [-0.39, 0.29) is 29.9 Å². The standard InChI is InChI=1S/C25H21FN2O2S/c1-2-17-7-6-10-20(14-17)28-23(29)16-31-25(28)21-11-3-4-12-22(21)27(24(25)30)15-18-8-5-9-19(26)13-18/h3-14H,2,15-16H2,1H3/t25-/m0/s1. The molecule has 0 unspecified atom stereocenters. The van der Waals surface area contributed by atoms with Crippen LogP contribution in [0.1, 0.15) is 23.6 Å². The first-order chi connectivity index (χ1) is 15.0. The molecule has 0 N–H and O–H groups in total. The lowest BCUT2D eigenvalue weighted by Gasteiger charge is -2.33. The van der Waals surface area contributed by atoms with Gasteiger partial charge in [0.1, 0.15) is 5.82 Å². The Labute approximate surface area is 184 Å². The van der Waals surface area contributed by atoms with Crippen LogP contribution in [-0.2, 0) is 27.4 Å². The van der Waals surface area contributed by atoms with Crippen LogP contribution in [0.3, 0.4) is 0 Å². The van der Waals surface area contributed by atoms with Gasteiger partial charge in [-0.15, -0.1) is 11.8 Å². The van der Waals surface area contributed by atoms with Gasteiger partial charge < -0.3 is 4.90 Å². The van der Waals surface area contributed by atoms with Gasteiger partial charge in [0.25, 0.3) is 5.91 Å². The molecule has 2 amide bonds. The van der Waals surface area contributed by atoms with E-state index in [0.717, 1.165) is 28.9 Å². The molecule has 0 saturated carbocycles. The number of thioether (sulfide) groups is 1. The largest absolute Gasteiger partial charge is 0.304 e. The van der Waals surface area contributed by atoms with Crippen molar-refractivity contribution >= 4 is 35.0 Å². The summed E-state index contributed by atoms with van der Waals surface area (Å²) in [4.78, 5) is 29.2. The van der Waals surface area contributed by atoms with Crippen molar-refractivity contribution in [3.05, 3.63) is 95.3 Å². The zero-order valence-corrected chi connectivity index (χ0v) is 17.9. The molecule has 6 heteroatoms. The lowest BCUT2D eigenvalue weighted by atomic mass is 10.0. The average molecular weight is 433 g/mol. The predicted octanol–water partition coefficient (Wildman–Crippen LogP) is 4.87. The Morgan fingerprint density at radius 1 is 0.968 bits per heavy atom. The fourth-order valence-corrected chi connectivity index (χ4v) is 5.81. The maximum Gasteiger partial charge on any atom is 0.269 e. The van der Waals surface area contributed by atoms with Crippen LogP contribution in [0.2, 0.25) is 0 Å². The van der Waals surface area contributed by atoms with Crippen molar-refractivity contribution in [2.75, 3.05) is 15.6 Å². The topological polar surface area (TPSA) is 40.6 Å². The average Bonchev–Trinajstić information content (AvgIpc) is 3.25. The monoisotopic (exact) mass is 432 g/mol. The number of hydrogen-bond donors (Lipinski definition) is 0. The molecule has 5 rings (SSSR count). The van der Waals surface area contributed by atoms with Crippen molar-refractivity contribution in [3.8, 4) is 0 Å². The third kappa shape index (κ3) is 3.05. The predicted molar refractivity (Wildman–Crippen MR) is 121 cm³/mol.